The van der Waals surface area contributed by atoms with Crippen LogP contribution in [0.5, 0.6) is 17.2 Å². The predicted molar refractivity (Wildman–Crippen MR) is 121 cm³/mol. The average Bonchev–Trinajstić information content (AvgIpc) is 2.71. The number of aliphatic carboxylic acids is 1. The highest BCUT2D eigenvalue weighted by atomic mass is 16.5. The molecule has 2 N–H and O–H groups in total. The predicted octanol–water partition coefficient (Wildman–Crippen LogP) is 5.67. The van der Waals surface area contributed by atoms with Gasteiger partial charge in [0.15, 0.2) is 5.60 Å². The highest BCUT2D eigenvalue weighted by molar-refractivity contribution is 5.76. The summed E-state index contributed by atoms with van der Waals surface area (Å²) in [7, 11) is 0. The van der Waals surface area contributed by atoms with Crippen molar-refractivity contribution in [3.8, 4) is 17.2 Å². The molecular formula is C26H34O5. The van der Waals surface area contributed by atoms with Gasteiger partial charge in [0, 0.05) is 5.56 Å². The Balaban J connectivity index is 1.61. The van der Waals surface area contributed by atoms with E-state index in [1.807, 2.05) is 45.0 Å². The van der Waals surface area contributed by atoms with Gasteiger partial charge in [0.05, 0.1) is 0 Å². The van der Waals surface area contributed by atoms with Crippen molar-refractivity contribution < 1.29 is 24.5 Å². The van der Waals surface area contributed by atoms with Gasteiger partial charge in [0.1, 0.15) is 22.8 Å². The fourth-order valence-corrected chi connectivity index (χ4v) is 4.20. The number of ether oxygens (including phenoxy) is 2. The maximum Gasteiger partial charge on any atom is 0.347 e. The number of hydrogen-bond donors (Lipinski definition) is 2. The number of aryl methyl sites for hydroxylation is 1. The van der Waals surface area contributed by atoms with Crippen molar-refractivity contribution in [2.24, 2.45) is 0 Å². The number of rotatable bonds is 7. The molecule has 3 rings (SSSR count). The van der Waals surface area contributed by atoms with E-state index >= 15 is 0 Å². The fraction of sp³-hybridized carbons (Fsp3) is 0.500. The highest BCUT2D eigenvalue weighted by Gasteiger charge is 2.34. The summed E-state index contributed by atoms with van der Waals surface area (Å²) >= 11 is 0. The van der Waals surface area contributed by atoms with E-state index in [0.29, 0.717) is 11.5 Å². The summed E-state index contributed by atoms with van der Waals surface area (Å²) in [6.45, 7) is 11.2. The Labute approximate surface area is 185 Å². The summed E-state index contributed by atoms with van der Waals surface area (Å²) in [4.78, 5) is 11.2. The summed E-state index contributed by atoms with van der Waals surface area (Å²) in [6, 6.07) is 7.64. The molecule has 1 aliphatic heterocycles. The molecule has 1 aliphatic rings. The van der Waals surface area contributed by atoms with Crippen LogP contribution in [-0.4, -0.2) is 27.4 Å². The van der Waals surface area contributed by atoms with Gasteiger partial charge in [-0.3, -0.25) is 0 Å². The van der Waals surface area contributed by atoms with Crippen molar-refractivity contribution in [2.45, 2.75) is 84.8 Å². The number of benzene rings is 2. The monoisotopic (exact) mass is 426 g/mol. The third kappa shape index (κ3) is 4.81. The van der Waals surface area contributed by atoms with Crippen LogP contribution in [0.1, 0.15) is 67.9 Å². The Bertz CT molecular complexity index is 975. The minimum absolute atomic E-state index is 0.220. The number of fused-ring (bicyclic) bond motifs is 1. The van der Waals surface area contributed by atoms with Crippen molar-refractivity contribution in [3.05, 3.63) is 52.1 Å². The Kier molecular flexibility index (Phi) is 6.26. The lowest BCUT2D eigenvalue weighted by atomic mass is 9.84. The zero-order chi connectivity index (χ0) is 23.0. The lowest BCUT2D eigenvalue weighted by Gasteiger charge is -2.38. The normalized spacial score (nSPS) is 18.3. The molecule has 0 bridgehead atoms. The van der Waals surface area contributed by atoms with Gasteiger partial charge in [0.25, 0.3) is 0 Å². The number of phenols is 1. The summed E-state index contributed by atoms with van der Waals surface area (Å²) < 4.78 is 12.1. The Morgan fingerprint density at radius 2 is 1.77 bits per heavy atom. The molecule has 5 heteroatoms. The topological polar surface area (TPSA) is 76.0 Å². The van der Waals surface area contributed by atoms with Crippen LogP contribution in [0, 0.1) is 20.8 Å². The van der Waals surface area contributed by atoms with Crippen molar-refractivity contribution in [1.29, 1.82) is 0 Å². The van der Waals surface area contributed by atoms with Crippen LogP contribution < -0.4 is 9.47 Å². The summed E-state index contributed by atoms with van der Waals surface area (Å²) in [5.41, 5.74) is 3.72. The van der Waals surface area contributed by atoms with Crippen LogP contribution in [0.15, 0.2) is 24.3 Å². The summed E-state index contributed by atoms with van der Waals surface area (Å²) in [5, 5.41) is 19.6. The molecule has 168 valence electrons. The van der Waals surface area contributed by atoms with E-state index < -0.39 is 11.6 Å². The van der Waals surface area contributed by atoms with E-state index in [-0.39, 0.29) is 5.60 Å². The molecule has 0 aliphatic carbocycles. The SMILES string of the molecule is Cc1c(C)c2c(c(C)c1O)CCC(C)(CCCc1ccc(OC(C)(C)C(=O)O)cc1)O2. The molecule has 0 saturated heterocycles. The van der Waals surface area contributed by atoms with Crippen LogP contribution in [0.3, 0.4) is 0 Å². The van der Waals surface area contributed by atoms with Crippen molar-refractivity contribution in [3.63, 3.8) is 0 Å². The minimum Gasteiger partial charge on any atom is -0.507 e. The number of phenolic OH excluding ortho intramolecular Hbond substituents is 1. The van der Waals surface area contributed by atoms with Gasteiger partial charge in [-0.2, -0.15) is 0 Å². The lowest BCUT2D eigenvalue weighted by molar-refractivity contribution is -0.152. The molecular weight excluding hydrogens is 392 g/mol. The highest BCUT2D eigenvalue weighted by Crippen LogP contribution is 2.44. The molecule has 0 aromatic heterocycles. The third-order valence-electron chi connectivity index (χ3n) is 6.58. The number of carbonyl (C=O) groups is 1. The minimum atomic E-state index is -1.25. The molecule has 0 saturated carbocycles. The molecule has 2 aromatic carbocycles. The van der Waals surface area contributed by atoms with Gasteiger partial charge >= 0.3 is 5.97 Å². The molecule has 1 atom stereocenters. The van der Waals surface area contributed by atoms with Gasteiger partial charge in [0.2, 0.25) is 0 Å². The van der Waals surface area contributed by atoms with E-state index in [2.05, 4.69) is 6.92 Å². The number of carboxylic acid groups (broad SMARTS) is 1. The number of aromatic hydroxyl groups is 1. The van der Waals surface area contributed by atoms with Crippen LogP contribution in [0.2, 0.25) is 0 Å². The zero-order valence-corrected chi connectivity index (χ0v) is 19.5. The van der Waals surface area contributed by atoms with Crippen LogP contribution in [-0.2, 0) is 17.6 Å². The first-order valence-electron chi connectivity index (χ1n) is 11.0. The molecule has 1 unspecified atom stereocenters. The van der Waals surface area contributed by atoms with E-state index in [1.165, 1.54) is 5.56 Å². The van der Waals surface area contributed by atoms with Crippen LogP contribution in [0.4, 0.5) is 0 Å². The van der Waals surface area contributed by atoms with E-state index in [9.17, 15) is 15.0 Å². The van der Waals surface area contributed by atoms with Crippen LogP contribution in [0.25, 0.3) is 0 Å². The molecule has 31 heavy (non-hydrogen) atoms. The Hall–Kier alpha value is -2.69. The van der Waals surface area contributed by atoms with Crippen molar-refractivity contribution in [2.75, 3.05) is 0 Å². The largest absolute Gasteiger partial charge is 0.507 e. The maximum absolute atomic E-state index is 11.2. The third-order valence-corrected chi connectivity index (χ3v) is 6.58. The molecule has 0 fully saturated rings. The zero-order valence-electron chi connectivity index (χ0n) is 19.5. The first kappa shape index (κ1) is 23.0. The van der Waals surface area contributed by atoms with Gasteiger partial charge in [-0.05, 0) is 108 Å². The second-order valence-electron chi connectivity index (χ2n) is 9.50. The maximum atomic E-state index is 11.2. The van der Waals surface area contributed by atoms with Crippen LogP contribution >= 0.6 is 0 Å². The molecule has 0 amide bonds. The Morgan fingerprint density at radius 1 is 1.13 bits per heavy atom. The summed E-state index contributed by atoms with van der Waals surface area (Å²) in [5.74, 6) is 0.904. The second kappa shape index (κ2) is 8.45. The van der Waals surface area contributed by atoms with Gasteiger partial charge in [-0.1, -0.05) is 12.1 Å². The summed E-state index contributed by atoms with van der Waals surface area (Å²) in [6.07, 6.45) is 4.69. The fourth-order valence-electron chi connectivity index (χ4n) is 4.20. The van der Waals surface area contributed by atoms with Crippen molar-refractivity contribution in [1.82, 2.24) is 0 Å². The molecule has 2 aromatic rings. The molecule has 5 nitrogen and oxygen atoms in total. The Morgan fingerprint density at radius 3 is 2.39 bits per heavy atom. The number of hydrogen-bond acceptors (Lipinski definition) is 4. The van der Waals surface area contributed by atoms with Gasteiger partial charge in [-0.25, -0.2) is 4.79 Å². The van der Waals surface area contributed by atoms with E-state index in [4.69, 9.17) is 9.47 Å². The first-order chi connectivity index (χ1) is 14.4. The van der Waals surface area contributed by atoms with Gasteiger partial charge in [-0.15, -0.1) is 0 Å². The van der Waals surface area contributed by atoms with Gasteiger partial charge < -0.3 is 19.7 Å². The van der Waals surface area contributed by atoms with E-state index in [1.54, 1.807) is 13.8 Å². The molecule has 0 spiro atoms. The standard InChI is InChI=1S/C26H34O5/c1-16-17(2)23-21(18(3)22(16)27)13-15-26(6,31-23)14-7-8-19-9-11-20(12-10-19)30-25(4,5)24(28)29/h9-12,27H,7-8,13-15H2,1-6H3,(H,28,29). The molecule has 1 heterocycles. The smallest absolute Gasteiger partial charge is 0.347 e. The lowest BCUT2D eigenvalue weighted by Crippen LogP contribution is -2.37. The quantitative estimate of drug-likeness (QED) is 0.597. The number of carboxylic acids is 1. The average molecular weight is 427 g/mol. The first-order valence-corrected chi connectivity index (χ1v) is 11.0. The van der Waals surface area contributed by atoms with E-state index in [0.717, 1.165) is 60.1 Å². The van der Waals surface area contributed by atoms with Crippen molar-refractivity contribution >= 4 is 5.97 Å². The molecule has 0 radical (unpaired) electrons. The second-order valence-corrected chi connectivity index (χ2v) is 9.50.